The van der Waals surface area contributed by atoms with E-state index in [1.54, 1.807) is 80.8 Å². The molecule has 7 aromatic rings. The molecular weight excluding hydrogens is 1720 g/mol. The first-order valence-corrected chi connectivity index (χ1v) is 40.2. The van der Waals surface area contributed by atoms with Gasteiger partial charge >= 0.3 is 66.3 Å². The molecule has 0 aliphatic carbocycles. The number of hydrogen-bond acceptors (Lipinski definition) is 19. The Morgan fingerprint density at radius 3 is 1.17 bits per heavy atom. The van der Waals surface area contributed by atoms with Crippen LogP contribution < -0.4 is 93.0 Å². The number of methoxy groups -OCH3 is 8. The molecule has 0 bridgehead atoms. The van der Waals surface area contributed by atoms with Gasteiger partial charge in [-0.25, -0.2) is 35.3 Å². The number of Topliss-reactive ketones (excluding diaryl/α,β-unsaturated/α-hetero) is 2. The summed E-state index contributed by atoms with van der Waals surface area (Å²) in [5.41, 5.74) is 20.9. The van der Waals surface area contributed by atoms with Crippen LogP contribution in [0.4, 0.5) is 0 Å². The van der Waals surface area contributed by atoms with Crippen molar-refractivity contribution in [3.63, 3.8) is 0 Å². The fraction of sp³-hybridized carbons (Fsp3) is 0.398. The van der Waals surface area contributed by atoms with Crippen LogP contribution in [0.25, 0.3) is 19.4 Å². The van der Waals surface area contributed by atoms with Crippen LogP contribution in [0.3, 0.4) is 0 Å². The Balaban J connectivity index is -0.000000201. The number of halogens is 4. The van der Waals surface area contributed by atoms with Crippen LogP contribution in [0.2, 0.25) is 0 Å². The standard InChI is InChI=1S/C18H23NO4.C12H14BrNO.C12H15NO.C10H11NO.C10H12O3.C9H11ClO.C9H12O2.C6H10O3.CH5N3.CN.Al.Cl2OS.Li.Na.4H/c1-7-23-17(21)15(12(2)20)11-13-10-14(18(3,4)19-5)8-9-16(13)22-6;1-12(2,14-3)10-5-6-11(15-4)9(7-10)8-13;1-9-8-10(12(2,3)13-4)6-7-11(9)14-5;1-8-6-9(7-11-2)4-5-10(8)12-3;1-7-6-8(10(11)13-3)4-5-9(7)12-2;2*1-7-5-8(6-10)3-4-9(7)11-2;1-3-9-6(8)4-5(2)7;2-1(3)4;1-2;;1-4(2)3;;;;;;/h8-10,15H,7,11H2,1-4,6H3;5-7H,8H2,1-2,4H3;6-8H,1-3,5H3;4-6H,7H2,1,3H3;4-6H,1-3H3;3-5H,6H2,1-2H3;3-5,10H,6H2,1-2H3;3-4H2,1-2H3;(H5,2,3,4);;;;;;;;;/q;;;;;;;;;-1;;;2*+1;;;;-1. The minimum absolute atomic E-state index is 0. The number of aliphatic hydroxyl groups excluding tert-OH is 1. The average molecular weight is 1830 g/mol. The summed E-state index contributed by atoms with van der Waals surface area (Å²) in [7, 11) is 20.1. The fourth-order valence-electron chi connectivity index (χ4n) is 9.62. The number of carbonyl (C=O) groups excluding carboxylic acids is 5. The normalized spacial score (nSPS) is 9.74. The van der Waals surface area contributed by atoms with Crippen molar-refractivity contribution in [2.75, 3.05) is 70.1 Å². The molecular formula is C88H117AlBrCl3LiN8NaO17S. The number of nitrogens with one attached hydrogen (secondary N) is 1. The number of nitrogens with two attached hydrogens (primary N) is 2. The van der Waals surface area contributed by atoms with Gasteiger partial charge < -0.3 is 96.6 Å². The van der Waals surface area contributed by atoms with E-state index >= 15 is 0 Å². The van der Waals surface area contributed by atoms with Crippen molar-refractivity contribution in [2.24, 2.45) is 17.4 Å². The van der Waals surface area contributed by atoms with E-state index in [1.165, 1.54) is 28.1 Å². The van der Waals surface area contributed by atoms with Gasteiger partial charge in [-0.1, -0.05) is 40.2 Å². The van der Waals surface area contributed by atoms with Gasteiger partial charge in [-0.15, -0.1) is 11.6 Å². The van der Waals surface area contributed by atoms with Gasteiger partial charge in [-0.2, -0.15) is 0 Å². The largest absolute Gasteiger partial charge is 1.00 e. The number of ketones is 2. The summed E-state index contributed by atoms with van der Waals surface area (Å²) >= 11 is 9.07. The first-order chi connectivity index (χ1) is 55.5. The molecule has 650 valence electrons. The predicted octanol–water partition coefficient (Wildman–Crippen LogP) is 12.0. The molecule has 7 rings (SSSR count). The fourth-order valence-corrected chi connectivity index (χ4v) is 10.2. The number of carbonyl (C=O) groups is 5. The van der Waals surface area contributed by atoms with Gasteiger partial charge in [0, 0.05) is 102 Å². The first kappa shape index (κ1) is 125. The molecule has 6 N–H and O–H groups in total. The summed E-state index contributed by atoms with van der Waals surface area (Å²) in [4.78, 5) is 69.7. The maximum atomic E-state index is 12.0. The van der Waals surface area contributed by atoms with Crippen LogP contribution in [0.15, 0.2) is 127 Å². The summed E-state index contributed by atoms with van der Waals surface area (Å²) in [6.07, 6.45) is 0.0904. The first-order valence-electron chi connectivity index (χ1n) is 35.7. The molecule has 1 unspecified atom stereocenters. The van der Waals surface area contributed by atoms with Crippen LogP contribution in [0, 0.1) is 84.1 Å². The molecule has 0 fully saturated rings. The summed E-state index contributed by atoms with van der Waals surface area (Å²) in [5, 5.41) is 21.8. The van der Waals surface area contributed by atoms with Crippen molar-refractivity contribution >= 4 is 111 Å². The van der Waals surface area contributed by atoms with Crippen LogP contribution in [-0.4, -0.2) is 132 Å². The number of guanidine groups is 1. The van der Waals surface area contributed by atoms with Crippen molar-refractivity contribution in [3.8, 4) is 40.2 Å². The maximum Gasteiger partial charge on any atom is 1.00 e. The molecule has 33 heteroatoms. The van der Waals surface area contributed by atoms with Gasteiger partial charge in [0.1, 0.15) is 64.2 Å². The molecule has 0 saturated heterocycles. The van der Waals surface area contributed by atoms with Crippen molar-refractivity contribution in [2.45, 2.75) is 158 Å². The Morgan fingerprint density at radius 2 is 0.860 bits per heavy atom. The summed E-state index contributed by atoms with van der Waals surface area (Å²) in [5.74, 6) is 3.40. The van der Waals surface area contributed by atoms with Gasteiger partial charge in [0.15, 0.2) is 23.3 Å². The third-order valence-corrected chi connectivity index (χ3v) is 16.9. The SMILES string of the molecule is CCOC(=O)CC(C)=O.COC(=O)c1ccc(OC)c(C)c1.COc1ccc(CCl)cc1C.COc1ccc(CO)cc1C.N=C(N)N.O=S(Cl)Cl.[AlH3].[C-]#N.[C-]#[N+]C(C)(C)c1ccc(OC)c(C)c1.[C-]#[N+]C(C)(C)c1ccc(OC)c(CBr)c1.[C-]#[N+]C(C)(C)c1ccc(OC)c(CC(C(C)=O)C(=O)OCC)c1.[C-]#[N+]Cc1ccc(OC)c(C)c1.[H-].[Li+].[Na+]. The second kappa shape index (κ2) is 69.7. The minimum Gasteiger partial charge on any atom is -1.00 e. The van der Waals surface area contributed by atoms with Gasteiger partial charge in [0.25, 0.3) is 16.6 Å². The van der Waals surface area contributed by atoms with Crippen LogP contribution in [0.5, 0.6) is 40.2 Å². The van der Waals surface area contributed by atoms with Crippen molar-refractivity contribution in [1.29, 1.82) is 10.7 Å². The van der Waals surface area contributed by atoms with Gasteiger partial charge in [0.05, 0.1) is 82.3 Å². The second-order valence-electron chi connectivity index (χ2n) is 26.0. The number of hydrogen-bond donors (Lipinski definition) is 4. The van der Waals surface area contributed by atoms with Crippen molar-refractivity contribution in [1.82, 2.24) is 0 Å². The number of nitrogens with zero attached hydrogens (tertiary/aromatic N) is 5. The molecule has 0 aliphatic rings. The Kier molecular flexibility index (Phi) is 72.2. The van der Waals surface area contributed by atoms with Crippen LogP contribution in [-0.2, 0) is 90.0 Å². The van der Waals surface area contributed by atoms with Crippen molar-refractivity contribution < 1.29 is 131 Å². The summed E-state index contributed by atoms with van der Waals surface area (Å²) in [6.45, 7) is 61.4. The van der Waals surface area contributed by atoms with E-state index < -0.39 is 43.7 Å². The Hall–Kier alpha value is -8.80. The number of benzene rings is 7. The Labute approximate surface area is 788 Å². The van der Waals surface area contributed by atoms with E-state index in [0.29, 0.717) is 30.3 Å². The van der Waals surface area contributed by atoms with Crippen molar-refractivity contribution in [3.05, 3.63) is 258 Å². The smallest absolute Gasteiger partial charge is 1.00 e. The minimum atomic E-state index is -1.67. The zero-order chi connectivity index (χ0) is 91.6. The Morgan fingerprint density at radius 1 is 0.545 bits per heavy atom. The van der Waals surface area contributed by atoms with E-state index in [2.05, 4.69) is 77.6 Å². The van der Waals surface area contributed by atoms with E-state index in [4.69, 9.17) is 102 Å². The zero-order valence-electron chi connectivity index (χ0n) is 74.6. The number of aryl methyl sites for hydroxylation is 5. The van der Waals surface area contributed by atoms with Gasteiger partial charge in [-0.05, 0) is 216 Å². The molecule has 0 heterocycles. The maximum absolute atomic E-state index is 12.0. The molecule has 0 amide bonds. The summed E-state index contributed by atoms with van der Waals surface area (Å²) in [6, 6.07) is 39.7. The number of rotatable bonds is 23. The topological polar surface area (TPSA) is 332 Å². The van der Waals surface area contributed by atoms with Crippen LogP contribution in [0.1, 0.15) is 160 Å². The molecule has 0 spiro atoms. The summed E-state index contributed by atoms with van der Waals surface area (Å²) < 4.78 is 59.2. The van der Waals surface area contributed by atoms with E-state index in [0.717, 1.165) is 112 Å². The molecule has 0 aromatic heterocycles. The van der Waals surface area contributed by atoms with E-state index in [-0.39, 0.29) is 117 Å². The number of alkyl halides is 2. The number of ether oxygens (including phenoxy) is 10. The second-order valence-corrected chi connectivity index (χ2v) is 29.4. The van der Waals surface area contributed by atoms with E-state index in [9.17, 15) is 24.0 Å². The third kappa shape index (κ3) is 51.7. The molecule has 0 aliphatic heterocycles. The third-order valence-electron chi connectivity index (χ3n) is 16.0. The van der Waals surface area contributed by atoms with Gasteiger partial charge in [-0.3, -0.25) is 24.6 Å². The molecule has 7 aromatic carbocycles. The van der Waals surface area contributed by atoms with Gasteiger partial charge in [0.2, 0.25) is 15.8 Å². The number of aliphatic hydroxyl groups is 1. The monoisotopic (exact) mass is 1830 g/mol. The quantitative estimate of drug-likeness (QED) is 0.00532. The molecule has 25 nitrogen and oxygen atoms in total. The van der Waals surface area contributed by atoms with E-state index in [1.807, 2.05) is 179 Å². The molecule has 1 atom stereocenters. The molecule has 121 heavy (non-hydrogen) atoms. The molecule has 0 radical (unpaired) electrons. The number of esters is 3. The zero-order valence-corrected chi connectivity index (χ0v) is 80.3. The molecule has 0 saturated carbocycles. The average Bonchev–Trinajstić information content (AvgIpc) is 0.814. The Bertz CT molecular complexity index is 4470. The predicted molar refractivity (Wildman–Crippen MR) is 482 cm³/mol. The van der Waals surface area contributed by atoms with Crippen LogP contribution >= 0.6 is 48.9 Å².